The molecule has 1 aromatic carbocycles. The van der Waals surface area contributed by atoms with E-state index in [-0.39, 0.29) is 30.1 Å². The molecule has 1 aliphatic heterocycles. The van der Waals surface area contributed by atoms with Gasteiger partial charge in [0.25, 0.3) is 0 Å². The smallest absolute Gasteiger partial charge is 0.341 e. The zero-order valence-electron chi connectivity index (χ0n) is 16.7. The highest BCUT2D eigenvalue weighted by atomic mass is 127. The number of carbonyl (C=O) groups is 1. The second-order valence-electron chi connectivity index (χ2n) is 6.09. The average Bonchev–Trinajstić information content (AvgIpc) is 3.22. The molecule has 0 radical (unpaired) electrons. The van der Waals surface area contributed by atoms with Crippen LogP contribution in [0.5, 0.6) is 5.75 Å². The van der Waals surface area contributed by atoms with Gasteiger partial charge in [-0.3, -0.25) is 4.99 Å². The zero-order valence-corrected chi connectivity index (χ0v) is 19.0. The van der Waals surface area contributed by atoms with Gasteiger partial charge in [0.15, 0.2) is 5.96 Å². The van der Waals surface area contributed by atoms with Crippen molar-refractivity contribution in [3.63, 3.8) is 0 Å². The van der Waals surface area contributed by atoms with Crippen molar-refractivity contribution in [3.8, 4) is 5.75 Å². The summed E-state index contributed by atoms with van der Waals surface area (Å²) in [5, 5.41) is 6.49. The number of esters is 1. The van der Waals surface area contributed by atoms with Gasteiger partial charge in [0, 0.05) is 33.4 Å². The number of guanidine groups is 1. The van der Waals surface area contributed by atoms with Crippen molar-refractivity contribution in [2.75, 3.05) is 47.6 Å². The van der Waals surface area contributed by atoms with Crippen LogP contribution in [0, 0.1) is 0 Å². The Morgan fingerprint density at radius 2 is 2.14 bits per heavy atom. The maximum Gasteiger partial charge on any atom is 0.341 e. The third kappa shape index (κ3) is 7.80. The molecule has 0 spiro atoms. The molecule has 1 heterocycles. The molecule has 2 rings (SSSR count). The van der Waals surface area contributed by atoms with Gasteiger partial charge < -0.3 is 29.6 Å². The minimum absolute atomic E-state index is 0. The van der Waals surface area contributed by atoms with E-state index in [4.69, 9.17) is 18.9 Å². The number of halogens is 1. The summed E-state index contributed by atoms with van der Waals surface area (Å²) in [5.74, 6) is 0.766. The van der Waals surface area contributed by atoms with Gasteiger partial charge in [0.1, 0.15) is 11.3 Å². The van der Waals surface area contributed by atoms with Gasteiger partial charge in [-0.2, -0.15) is 0 Å². The summed E-state index contributed by atoms with van der Waals surface area (Å²) in [6.07, 6.45) is 2.11. The molecule has 9 heteroatoms. The first-order chi connectivity index (χ1) is 13.2. The molecular weight excluding hydrogens is 477 g/mol. The monoisotopic (exact) mass is 507 g/mol. The summed E-state index contributed by atoms with van der Waals surface area (Å²) in [6.45, 7) is 3.51. The van der Waals surface area contributed by atoms with Gasteiger partial charge in [-0.05, 0) is 30.5 Å². The highest BCUT2D eigenvalue weighted by Gasteiger charge is 2.15. The minimum Gasteiger partial charge on any atom is -0.496 e. The van der Waals surface area contributed by atoms with Gasteiger partial charge in [-0.15, -0.1) is 24.0 Å². The Bertz CT molecular complexity index is 636. The summed E-state index contributed by atoms with van der Waals surface area (Å²) < 4.78 is 21.0. The molecule has 1 unspecified atom stereocenters. The molecule has 0 aromatic heterocycles. The molecule has 0 bridgehead atoms. The van der Waals surface area contributed by atoms with E-state index in [0.29, 0.717) is 37.0 Å². The number of hydrogen-bond acceptors (Lipinski definition) is 6. The Morgan fingerprint density at radius 3 is 2.79 bits per heavy atom. The van der Waals surface area contributed by atoms with Crippen LogP contribution in [0.15, 0.2) is 23.2 Å². The van der Waals surface area contributed by atoms with Crippen molar-refractivity contribution in [2.45, 2.75) is 25.5 Å². The molecule has 1 saturated heterocycles. The van der Waals surface area contributed by atoms with Crippen molar-refractivity contribution in [3.05, 3.63) is 29.3 Å². The molecule has 1 aliphatic rings. The van der Waals surface area contributed by atoms with Crippen LogP contribution >= 0.6 is 24.0 Å². The van der Waals surface area contributed by atoms with Crippen molar-refractivity contribution in [2.24, 2.45) is 4.99 Å². The van der Waals surface area contributed by atoms with Gasteiger partial charge in [0.2, 0.25) is 0 Å². The molecule has 0 amide bonds. The molecule has 158 valence electrons. The number of benzene rings is 1. The Balaban J connectivity index is 0.00000392. The third-order valence-corrected chi connectivity index (χ3v) is 4.21. The van der Waals surface area contributed by atoms with E-state index in [9.17, 15) is 4.79 Å². The lowest BCUT2D eigenvalue weighted by molar-refractivity contribution is 0.0420. The predicted octanol–water partition coefficient (Wildman–Crippen LogP) is 1.96. The average molecular weight is 507 g/mol. The van der Waals surface area contributed by atoms with E-state index in [1.54, 1.807) is 13.1 Å². The lowest BCUT2D eigenvalue weighted by Gasteiger charge is -2.14. The van der Waals surface area contributed by atoms with Gasteiger partial charge in [0.05, 0.1) is 26.9 Å². The Kier molecular flexibility index (Phi) is 11.8. The van der Waals surface area contributed by atoms with Crippen molar-refractivity contribution in [1.82, 2.24) is 10.6 Å². The second-order valence-corrected chi connectivity index (χ2v) is 6.09. The van der Waals surface area contributed by atoms with E-state index in [1.807, 2.05) is 12.1 Å². The molecule has 1 atom stereocenters. The standard InChI is InChI=1S/C19H29N3O5.HI/c1-20-19(21-8-4-9-27-15-7-10-26-13-15)22-12-14-5-6-16(18(23)25-3)17(11-14)24-2;/h5-6,11,15H,4,7-10,12-13H2,1-3H3,(H2,20,21,22);1H. The number of nitrogens with one attached hydrogen (secondary N) is 2. The largest absolute Gasteiger partial charge is 0.496 e. The summed E-state index contributed by atoms with van der Waals surface area (Å²) >= 11 is 0. The minimum atomic E-state index is -0.421. The number of rotatable bonds is 9. The van der Waals surface area contributed by atoms with Crippen LogP contribution in [-0.2, 0) is 20.8 Å². The van der Waals surface area contributed by atoms with Crippen LogP contribution in [0.25, 0.3) is 0 Å². The topological polar surface area (TPSA) is 90.4 Å². The van der Waals surface area contributed by atoms with E-state index in [2.05, 4.69) is 15.6 Å². The molecule has 28 heavy (non-hydrogen) atoms. The maximum absolute atomic E-state index is 11.7. The third-order valence-electron chi connectivity index (χ3n) is 4.21. The van der Waals surface area contributed by atoms with Crippen molar-refractivity contribution >= 4 is 35.9 Å². The molecule has 8 nitrogen and oxygen atoms in total. The van der Waals surface area contributed by atoms with Gasteiger partial charge in [-0.25, -0.2) is 4.79 Å². The number of carbonyl (C=O) groups excluding carboxylic acids is 1. The first kappa shape index (κ1) is 24.4. The number of ether oxygens (including phenoxy) is 4. The fourth-order valence-corrected chi connectivity index (χ4v) is 2.70. The van der Waals surface area contributed by atoms with Crippen LogP contribution < -0.4 is 15.4 Å². The van der Waals surface area contributed by atoms with Crippen LogP contribution in [0.3, 0.4) is 0 Å². The highest BCUT2D eigenvalue weighted by molar-refractivity contribution is 14.0. The Hall–Kier alpha value is -1.59. The number of aliphatic imine (C=N–C) groups is 1. The maximum atomic E-state index is 11.7. The van der Waals surface area contributed by atoms with E-state index < -0.39 is 5.97 Å². The fourth-order valence-electron chi connectivity index (χ4n) is 2.70. The second kappa shape index (κ2) is 13.6. The van der Waals surface area contributed by atoms with Crippen LogP contribution in [-0.4, -0.2) is 65.7 Å². The lowest BCUT2D eigenvalue weighted by atomic mass is 10.1. The summed E-state index contributed by atoms with van der Waals surface area (Å²) in [6, 6.07) is 5.36. The van der Waals surface area contributed by atoms with Crippen molar-refractivity contribution < 1.29 is 23.7 Å². The number of hydrogen-bond donors (Lipinski definition) is 2. The van der Waals surface area contributed by atoms with E-state index in [0.717, 1.165) is 31.6 Å². The first-order valence-corrected chi connectivity index (χ1v) is 9.07. The highest BCUT2D eigenvalue weighted by Crippen LogP contribution is 2.21. The predicted molar refractivity (Wildman–Crippen MR) is 118 cm³/mol. The van der Waals surface area contributed by atoms with Crippen molar-refractivity contribution in [1.29, 1.82) is 0 Å². The van der Waals surface area contributed by atoms with Crippen LogP contribution in [0.1, 0.15) is 28.8 Å². The van der Waals surface area contributed by atoms with Gasteiger partial charge in [-0.1, -0.05) is 6.07 Å². The molecule has 0 saturated carbocycles. The molecule has 1 fully saturated rings. The normalized spacial score (nSPS) is 16.2. The fraction of sp³-hybridized carbons (Fsp3) is 0.579. The summed E-state index contributed by atoms with van der Waals surface area (Å²) in [5.41, 5.74) is 1.37. The van der Waals surface area contributed by atoms with Gasteiger partial charge >= 0.3 is 5.97 Å². The number of methoxy groups -OCH3 is 2. The molecule has 0 aliphatic carbocycles. The quantitative estimate of drug-likeness (QED) is 0.174. The Labute approximate surface area is 183 Å². The number of nitrogens with zero attached hydrogens (tertiary/aromatic N) is 1. The summed E-state index contributed by atoms with van der Waals surface area (Å²) in [7, 11) is 4.60. The molecular formula is C19H30IN3O5. The van der Waals surface area contributed by atoms with Crippen LogP contribution in [0.4, 0.5) is 0 Å². The van der Waals surface area contributed by atoms with E-state index >= 15 is 0 Å². The van der Waals surface area contributed by atoms with E-state index in [1.165, 1.54) is 14.2 Å². The van der Waals surface area contributed by atoms with Crippen LogP contribution in [0.2, 0.25) is 0 Å². The zero-order chi connectivity index (χ0) is 19.5. The Morgan fingerprint density at radius 1 is 1.32 bits per heavy atom. The first-order valence-electron chi connectivity index (χ1n) is 9.07. The molecule has 2 N–H and O–H groups in total. The summed E-state index contributed by atoms with van der Waals surface area (Å²) in [4.78, 5) is 15.9. The lowest BCUT2D eigenvalue weighted by Crippen LogP contribution is -2.37. The SMILES string of the molecule is CN=C(NCCCOC1CCOC1)NCc1ccc(C(=O)OC)c(OC)c1.I. The molecule has 1 aromatic rings.